The van der Waals surface area contributed by atoms with E-state index in [0.29, 0.717) is 31.5 Å². The monoisotopic (exact) mass is 309 g/mol. The molecule has 2 N–H and O–H groups in total. The Labute approximate surface area is 116 Å². The lowest BCUT2D eigenvalue weighted by Gasteiger charge is -2.09. The molecule has 1 aromatic heterocycles. The van der Waals surface area contributed by atoms with Crippen molar-refractivity contribution >= 4 is 51.3 Å². The van der Waals surface area contributed by atoms with Crippen LogP contribution in [0.25, 0.3) is 0 Å². The van der Waals surface area contributed by atoms with Gasteiger partial charge in [0.05, 0.1) is 10.0 Å². The Hall–Kier alpha value is -0.750. The van der Waals surface area contributed by atoms with Crippen molar-refractivity contribution in [3.8, 4) is 5.75 Å². The Kier molecular flexibility index (Phi) is 3.93. The third-order valence-corrected chi connectivity index (χ3v) is 3.28. The van der Waals surface area contributed by atoms with Crippen molar-refractivity contribution in [2.75, 3.05) is 5.73 Å². The highest BCUT2D eigenvalue weighted by atomic mass is 35.5. The number of halogens is 3. The van der Waals surface area contributed by atoms with E-state index in [-0.39, 0.29) is 6.61 Å². The average molecular weight is 311 g/mol. The van der Waals surface area contributed by atoms with Crippen molar-refractivity contribution in [3.63, 3.8) is 0 Å². The summed E-state index contributed by atoms with van der Waals surface area (Å²) >= 11 is 18.8. The van der Waals surface area contributed by atoms with Gasteiger partial charge < -0.3 is 10.5 Å². The van der Waals surface area contributed by atoms with Crippen molar-refractivity contribution in [2.45, 2.75) is 6.61 Å². The lowest BCUT2D eigenvalue weighted by atomic mass is 10.3. The number of ether oxygens (including phenoxy) is 1. The molecule has 0 amide bonds. The van der Waals surface area contributed by atoms with Crippen molar-refractivity contribution in [1.29, 1.82) is 0 Å². The van der Waals surface area contributed by atoms with Gasteiger partial charge in [0.1, 0.15) is 17.3 Å². The molecule has 0 bridgehead atoms. The van der Waals surface area contributed by atoms with E-state index in [1.807, 2.05) is 0 Å². The fraction of sp³-hybridized carbons (Fsp3) is 0.111. The Morgan fingerprint density at radius 2 is 1.88 bits per heavy atom. The molecule has 2 rings (SSSR count). The van der Waals surface area contributed by atoms with Gasteiger partial charge >= 0.3 is 0 Å². The molecule has 0 fully saturated rings. The first-order valence-corrected chi connectivity index (χ1v) is 6.32. The number of anilines is 1. The average Bonchev–Trinajstić information content (AvgIpc) is 2.62. The van der Waals surface area contributed by atoms with Crippen LogP contribution in [0.2, 0.25) is 15.1 Å². The zero-order valence-electron chi connectivity index (χ0n) is 8.28. The zero-order chi connectivity index (χ0) is 12.4. The van der Waals surface area contributed by atoms with E-state index in [1.54, 1.807) is 12.1 Å². The first-order chi connectivity index (χ1) is 8.08. The Morgan fingerprint density at radius 1 is 1.24 bits per heavy atom. The second-order valence-electron chi connectivity index (χ2n) is 3.07. The lowest BCUT2D eigenvalue weighted by molar-refractivity contribution is 0.302. The Bertz CT molecular complexity index is 523. The smallest absolute Gasteiger partial charge is 0.157 e. The minimum Gasteiger partial charge on any atom is -0.484 e. The molecular weight excluding hydrogens is 305 g/mol. The zero-order valence-corrected chi connectivity index (χ0v) is 11.4. The van der Waals surface area contributed by atoms with Gasteiger partial charge in [0.2, 0.25) is 0 Å². The summed E-state index contributed by atoms with van der Waals surface area (Å²) in [5, 5.41) is 5.44. The van der Waals surface area contributed by atoms with E-state index in [2.05, 4.69) is 9.59 Å². The fourth-order valence-corrected chi connectivity index (χ4v) is 2.48. The predicted molar refractivity (Wildman–Crippen MR) is 70.1 cm³/mol. The number of nitrogen functional groups attached to an aromatic ring is 1. The number of rotatable bonds is 3. The van der Waals surface area contributed by atoms with E-state index in [0.717, 1.165) is 11.5 Å². The molecule has 0 aliphatic rings. The minimum absolute atomic E-state index is 0.156. The number of benzene rings is 1. The van der Waals surface area contributed by atoms with Crippen molar-refractivity contribution in [1.82, 2.24) is 9.59 Å². The molecule has 0 saturated carbocycles. The number of nitrogens with two attached hydrogens (primary N) is 1. The van der Waals surface area contributed by atoms with E-state index in [1.165, 1.54) is 0 Å². The summed E-state index contributed by atoms with van der Waals surface area (Å²) in [6.07, 6.45) is 0. The van der Waals surface area contributed by atoms with Crippen LogP contribution in [-0.2, 0) is 6.61 Å². The standard InChI is InChI=1S/C9H6Cl3N3OS/c10-4-1-5(11)8(6(12)2-4)16-3-7-9(13)17-15-14-7/h1-2H,3,13H2. The van der Waals surface area contributed by atoms with Crippen LogP contribution in [0.1, 0.15) is 5.69 Å². The summed E-state index contributed by atoms with van der Waals surface area (Å²) in [6.45, 7) is 0.156. The van der Waals surface area contributed by atoms with Crippen molar-refractivity contribution < 1.29 is 4.74 Å². The van der Waals surface area contributed by atoms with Gasteiger partial charge in [-0.2, -0.15) is 0 Å². The summed E-state index contributed by atoms with van der Waals surface area (Å²) < 4.78 is 9.14. The quantitative estimate of drug-likeness (QED) is 0.940. The number of hydrogen-bond donors (Lipinski definition) is 1. The lowest BCUT2D eigenvalue weighted by Crippen LogP contribution is -2.00. The van der Waals surface area contributed by atoms with Crippen LogP contribution in [0, 0.1) is 0 Å². The van der Waals surface area contributed by atoms with Gasteiger partial charge in [-0.25, -0.2) is 0 Å². The molecule has 0 saturated heterocycles. The molecule has 90 valence electrons. The predicted octanol–water partition coefficient (Wildman–Crippen LogP) is 3.66. The molecule has 2 aromatic rings. The summed E-state index contributed by atoms with van der Waals surface area (Å²) in [7, 11) is 0. The Balaban J connectivity index is 2.17. The topological polar surface area (TPSA) is 61.0 Å². The SMILES string of the molecule is Nc1snnc1COc1c(Cl)cc(Cl)cc1Cl. The Morgan fingerprint density at radius 3 is 2.41 bits per heavy atom. The molecule has 8 heteroatoms. The second-order valence-corrected chi connectivity index (χ2v) is 5.11. The molecule has 1 aromatic carbocycles. The van der Waals surface area contributed by atoms with Crippen LogP contribution in [0.5, 0.6) is 5.75 Å². The summed E-state index contributed by atoms with van der Waals surface area (Å²) in [5.41, 5.74) is 6.18. The van der Waals surface area contributed by atoms with Gasteiger partial charge in [-0.15, -0.1) is 5.10 Å². The minimum atomic E-state index is 0.156. The summed E-state index contributed by atoms with van der Waals surface area (Å²) in [6, 6.07) is 3.10. The normalized spacial score (nSPS) is 10.5. The molecule has 0 aliphatic carbocycles. The van der Waals surface area contributed by atoms with Crippen LogP contribution < -0.4 is 10.5 Å². The van der Waals surface area contributed by atoms with Gasteiger partial charge in [-0.1, -0.05) is 39.3 Å². The highest BCUT2D eigenvalue weighted by Gasteiger charge is 2.11. The van der Waals surface area contributed by atoms with Gasteiger partial charge in [-0.3, -0.25) is 0 Å². The van der Waals surface area contributed by atoms with Gasteiger partial charge in [0.25, 0.3) is 0 Å². The van der Waals surface area contributed by atoms with Crippen molar-refractivity contribution in [3.05, 3.63) is 32.9 Å². The summed E-state index contributed by atoms with van der Waals surface area (Å²) in [5.74, 6) is 0.352. The van der Waals surface area contributed by atoms with Gasteiger partial charge in [0.15, 0.2) is 5.75 Å². The second kappa shape index (κ2) is 5.27. The molecule has 0 radical (unpaired) electrons. The maximum Gasteiger partial charge on any atom is 0.157 e. The molecular formula is C9H6Cl3N3OS. The maximum atomic E-state index is 5.96. The van der Waals surface area contributed by atoms with Gasteiger partial charge in [-0.05, 0) is 12.1 Å². The molecule has 0 unspecified atom stereocenters. The first kappa shape index (κ1) is 12.7. The van der Waals surface area contributed by atoms with E-state index >= 15 is 0 Å². The third kappa shape index (κ3) is 2.93. The van der Waals surface area contributed by atoms with E-state index in [9.17, 15) is 0 Å². The molecule has 17 heavy (non-hydrogen) atoms. The number of hydrogen-bond acceptors (Lipinski definition) is 5. The first-order valence-electron chi connectivity index (χ1n) is 4.42. The fourth-order valence-electron chi connectivity index (χ4n) is 1.12. The van der Waals surface area contributed by atoms with Crippen LogP contribution in [0.4, 0.5) is 5.00 Å². The maximum absolute atomic E-state index is 5.96. The van der Waals surface area contributed by atoms with Crippen LogP contribution in [0.3, 0.4) is 0 Å². The van der Waals surface area contributed by atoms with E-state index < -0.39 is 0 Å². The molecule has 1 heterocycles. The molecule has 0 aliphatic heterocycles. The van der Waals surface area contributed by atoms with E-state index in [4.69, 9.17) is 45.3 Å². The van der Waals surface area contributed by atoms with Crippen LogP contribution in [0.15, 0.2) is 12.1 Å². The highest BCUT2D eigenvalue weighted by Crippen LogP contribution is 2.36. The van der Waals surface area contributed by atoms with Crippen LogP contribution in [-0.4, -0.2) is 9.59 Å². The highest BCUT2D eigenvalue weighted by molar-refractivity contribution is 7.09. The largest absolute Gasteiger partial charge is 0.484 e. The molecule has 4 nitrogen and oxygen atoms in total. The molecule has 0 spiro atoms. The number of nitrogens with zero attached hydrogens (tertiary/aromatic N) is 2. The van der Waals surface area contributed by atoms with Crippen molar-refractivity contribution in [2.24, 2.45) is 0 Å². The number of aromatic nitrogens is 2. The van der Waals surface area contributed by atoms with Gasteiger partial charge in [0, 0.05) is 16.6 Å². The third-order valence-electron chi connectivity index (χ3n) is 1.90. The molecule has 0 atom stereocenters. The summed E-state index contributed by atoms with van der Waals surface area (Å²) in [4.78, 5) is 0. The van der Waals surface area contributed by atoms with Crippen LogP contribution >= 0.6 is 46.3 Å².